The van der Waals surface area contributed by atoms with Gasteiger partial charge in [-0.2, -0.15) is 4.98 Å². The van der Waals surface area contributed by atoms with Crippen molar-refractivity contribution in [1.29, 1.82) is 0 Å². The third-order valence-electron chi connectivity index (χ3n) is 3.92. The van der Waals surface area contributed by atoms with E-state index in [-0.39, 0.29) is 5.41 Å². The van der Waals surface area contributed by atoms with Crippen molar-refractivity contribution in [2.24, 2.45) is 5.73 Å². The van der Waals surface area contributed by atoms with E-state index >= 15 is 0 Å². The number of hydrogen-bond acceptors (Lipinski definition) is 4. The average molecular weight is 294 g/mol. The van der Waals surface area contributed by atoms with Crippen molar-refractivity contribution in [2.75, 3.05) is 6.54 Å². The highest BCUT2D eigenvalue weighted by Crippen LogP contribution is 2.29. The first-order valence-corrected chi connectivity index (χ1v) is 7.29. The van der Waals surface area contributed by atoms with Crippen LogP contribution in [0.15, 0.2) is 28.8 Å². The zero-order valence-corrected chi connectivity index (χ0v) is 12.7. The van der Waals surface area contributed by atoms with Gasteiger partial charge in [-0.15, -0.1) is 0 Å². The fraction of sp³-hybridized carbons (Fsp3) is 0.467. The molecule has 0 bridgehead atoms. The molecule has 1 aromatic heterocycles. The highest BCUT2D eigenvalue weighted by atomic mass is 35.5. The lowest BCUT2D eigenvalue weighted by Gasteiger charge is -2.24. The Kier molecular flexibility index (Phi) is 4.78. The van der Waals surface area contributed by atoms with E-state index in [0.717, 1.165) is 18.4 Å². The molecule has 0 saturated heterocycles. The summed E-state index contributed by atoms with van der Waals surface area (Å²) in [5.74, 6) is 1.31. The normalized spacial score (nSPS) is 11.8. The molecule has 0 aliphatic carbocycles. The van der Waals surface area contributed by atoms with Gasteiger partial charge in [-0.25, -0.2) is 0 Å². The van der Waals surface area contributed by atoms with E-state index in [1.807, 2.05) is 24.3 Å². The van der Waals surface area contributed by atoms with Crippen LogP contribution in [0.4, 0.5) is 0 Å². The summed E-state index contributed by atoms with van der Waals surface area (Å²) in [6, 6.07) is 7.67. The minimum atomic E-state index is -0.209. The Bertz CT molecular complexity index is 555. The lowest BCUT2D eigenvalue weighted by molar-refractivity contribution is 0.266. The van der Waals surface area contributed by atoms with Crippen LogP contribution in [0.3, 0.4) is 0 Å². The number of halogens is 1. The van der Waals surface area contributed by atoms with E-state index < -0.39 is 0 Å². The third-order valence-corrected chi connectivity index (χ3v) is 4.15. The Hall–Kier alpha value is -1.39. The van der Waals surface area contributed by atoms with Crippen molar-refractivity contribution in [3.05, 3.63) is 46.6 Å². The van der Waals surface area contributed by atoms with Crippen molar-refractivity contribution in [2.45, 2.75) is 38.5 Å². The van der Waals surface area contributed by atoms with Gasteiger partial charge in [0.1, 0.15) is 0 Å². The van der Waals surface area contributed by atoms with Crippen molar-refractivity contribution >= 4 is 11.6 Å². The molecule has 0 amide bonds. The number of nitrogens with zero attached hydrogens (tertiary/aromatic N) is 2. The van der Waals surface area contributed by atoms with E-state index in [2.05, 4.69) is 24.0 Å². The molecule has 0 atom stereocenters. The molecule has 2 aromatic rings. The molecule has 0 radical (unpaired) electrons. The quantitative estimate of drug-likeness (QED) is 0.887. The van der Waals surface area contributed by atoms with Gasteiger partial charge in [-0.1, -0.05) is 42.7 Å². The number of rotatable bonds is 6. The van der Waals surface area contributed by atoms with Gasteiger partial charge in [-0.05, 0) is 30.5 Å². The molecule has 0 unspecified atom stereocenters. The van der Waals surface area contributed by atoms with Crippen LogP contribution in [0.5, 0.6) is 0 Å². The van der Waals surface area contributed by atoms with E-state index in [1.54, 1.807) is 0 Å². The second-order valence-electron chi connectivity index (χ2n) is 5.01. The summed E-state index contributed by atoms with van der Waals surface area (Å²) >= 11 is 5.98. The molecule has 0 fully saturated rings. The molecule has 0 saturated carbocycles. The first-order chi connectivity index (χ1) is 9.63. The number of benzene rings is 1. The molecular formula is C15H20ClN3O. The highest BCUT2D eigenvalue weighted by molar-refractivity contribution is 6.30. The fourth-order valence-electron chi connectivity index (χ4n) is 2.30. The van der Waals surface area contributed by atoms with Gasteiger partial charge >= 0.3 is 0 Å². The van der Waals surface area contributed by atoms with Crippen LogP contribution in [-0.2, 0) is 11.8 Å². The van der Waals surface area contributed by atoms with Crippen molar-refractivity contribution in [1.82, 2.24) is 10.1 Å². The Morgan fingerprint density at radius 2 is 2.05 bits per heavy atom. The summed E-state index contributed by atoms with van der Waals surface area (Å²) in [5, 5.41) is 4.78. The molecule has 20 heavy (non-hydrogen) atoms. The molecule has 2 rings (SSSR count). The van der Waals surface area contributed by atoms with Crippen LogP contribution in [0, 0.1) is 0 Å². The van der Waals surface area contributed by atoms with E-state index in [9.17, 15) is 0 Å². The SMILES string of the molecule is CCC(CC)(CN)c1nc(Cc2cccc(Cl)c2)no1. The van der Waals surface area contributed by atoms with Gasteiger partial charge in [0.05, 0.1) is 5.41 Å². The van der Waals surface area contributed by atoms with Crippen molar-refractivity contribution < 1.29 is 4.52 Å². The predicted octanol–water partition coefficient (Wildman–Crippen LogP) is 3.33. The van der Waals surface area contributed by atoms with Crippen LogP contribution in [0.1, 0.15) is 44.0 Å². The average Bonchev–Trinajstić information content (AvgIpc) is 2.90. The zero-order chi connectivity index (χ0) is 14.6. The van der Waals surface area contributed by atoms with Gasteiger partial charge in [0.2, 0.25) is 5.89 Å². The molecule has 4 nitrogen and oxygen atoms in total. The van der Waals surface area contributed by atoms with E-state index in [0.29, 0.717) is 29.7 Å². The monoisotopic (exact) mass is 293 g/mol. The predicted molar refractivity (Wildman–Crippen MR) is 79.9 cm³/mol. The van der Waals surface area contributed by atoms with Crippen LogP contribution in [0.25, 0.3) is 0 Å². The standard InChI is InChI=1S/C15H20ClN3O/c1-3-15(4-2,10-17)14-18-13(19-20-14)9-11-6-5-7-12(16)8-11/h5-8H,3-4,9-10,17H2,1-2H3. The van der Waals surface area contributed by atoms with Gasteiger partial charge in [-0.3, -0.25) is 0 Å². The Morgan fingerprint density at radius 1 is 1.30 bits per heavy atom. The Balaban J connectivity index is 2.20. The minimum Gasteiger partial charge on any atom is -0.339 e. The molecule has 0 aliphatic heterocycles. The fourth-order valence-corrected chi connectivity index (χ4v) is 2.51. The summed E-state index contributed by atoms with van der Waals surface area (Å²) in [6.07, 6.45) is 2.38. The lowest BCUT2D eigenvalue weighted by atomic mass is 9.82. The maximum atomic E-state index is 5.98. The maximum absolute atomic E-state index is 5.98. The highest BCUT2D eigenvalue weighted by Gasteiger charge is 2.33. The van der Waals surface area contributed by atoms with Gasteiger partial charge in [0.15, 0.2) is 5.82 Å². The smallest absolute Gasteiger partial charge is 0.234 e. The molecule has 2 N–H and O–H groups in total. The Labute approximate surface area is 124 Å². The Morgan fingerprint density at radius 3 is 2.65 bits per heavy atom. The second-order valence-corrected chi connectivity index (χ2v) is 5.45. The summed E-state index contributed by atoms with van der Waals surface area (Å²) in [6.45, 7) is 4.70. The first kappa shape index (κ1) is 15.0. The van der Waals surface area contributed by atoms with Crippen LogP contribution in [-0.4, -0.2) is 16.7 Å². The topological polar surface area (TPSA) is 64.9 Å². The van der Waals surface area contributed by atoms with Crippen LogP contribution < -0.4 is 5.73 Å². The molecule has 5 heteroatoms. The molecule has 0 spiro atoms. The largest absolute Gasteiger partial charge is 0.339 e. The molecular weight excluding hydrogens is 274 g/mol. The van der Waals surface area contributed by atoms with Gasteiger partial charge in [0, 0.05) is 18.0 Å². The molecule has 108 valence electrons. The summed E-state index contributed by atoms with van der Waals surface area (Å²) in [7, 11) is 0. The van der Waals surface area contributed by atoms with Gasteiger partial charge in [0.25, 0.3) is 0 Å². The van der Waals surface area contributed by atoms with E-state index in [4.69, 9.17) is 21.9 Å². The van der Waals surface area contributed by atoms with E-state index in [1.165, 1.54) is 0 Å². The summed E-state index contributed by atoms with van der Waals surface area (Å²) in [5.41, 5.74) is 6.75. The lowest BCUT2D eigenvalue weighted by Crippen LogP contribution is -2.34. The second kappa shape index (κ2) is 6.37. The summed E-state index contributed by atoms with van der Waals surface area (Å²) < 4.78 is 5.43. The van der Waals surface area contributed by atoms with Crippen LogP contribution in [0.2, 0.25) is 5.02 Å². The molecule has 0 aliphatic rings. The number of nitrogens with two attached hydrogens (primary N) is 1. The van der Waals surface area contributed by atoms with Crippen molar-refractivity contribution in [3.8, 4) is 0 Å². The minimum absolute atomic E-state index is 0.209. The zero-order valence-electron chi connectivity index (χ0n) is 11.9. The van der Waals surface area contributed by atoms with Crippen LogP contribution >= 0.6 is 11.6 Å². The number of aromatic nitrogens is 2. The molecule has 1 heterocycles. The third kappa shape index (κ3) is 3.02. The maximum Gasteiger partial charge on any atom is 0.234 e. The summed E-state index contributed by atoms with van der Waals surface area (Å²) in [4.78, 5) is 4.52. The number of hydrogen-bond donors (Lipinski definition) is 1. The first-order valence-electron chi connectivity index (χ1n) is 6.91. The van der Waals surface area contributed by atoms with Gasteiger partial charge < -0.3 is 10.3 Å². The van der Waals surface area contributed by atoms with Crippen molar-refractivity contribution in [3.63, 3.8) is 0 Å². The molecule has 1 aromatic carbocycles.